The van der Waals surface area contributed by atoms with E-state index in [1.165, 1.54) is 6.07 Å². The first kappa shape index (κ1) is 23.9. The highest BCUT2D eigenvalue weighted by atomic mass is 19.1. The average molecular weight is 451 g/mol. The molecular weight excluding hydrogens is 419 g/mol. The number of benzene rings is 2. The molecule has 0 unspecified atom stereocenters. The van der Waals surface area contributed by atoms with Gasteiger partial charge in [-0.25, -0.2) is 9.18 Å². The topological polar surface area (TPSA) is 88.4 Å². The number of anilines is 3. The summed E-state index contributed by atoms with van der Waals surface area (Å²) in [5.41, 5.74) is 8.12. The van der Waals surface area contributed by atoms with Gasteiger partial charge in [-0.3, -0.25) is 0 Å². The Morgan fingerprint density at radius 2 is 1.76 bits per heavy atom. The fourth-order valence-corrected chi connectivity index (χ4v) is 3.61. The molecule has 3 rings (SSSR count). The van der Waals surface area contributed by atoms with E-state index in [9.17, 15) is 9.18 Å². The molecule has 174 valence electrons. The molecule has 5 N–H and O–H groups in total. The van der Waals surface area contributed by atoms with Crippen LogP contribution in [0.5, 0.6) is 5.75 Å². The van der Waals surface area contributed by atoms with Crippen molar-refractivity contribution in [3.8, 4) is 5.75 Å². The van der Waals surface area contributed by atoms with Gasteiger partial charge in [0.1, 0.15) is 11.6 Å². The van der Waals surface area contributed by atoms with Crippen LogP contribution in [0.2, 0.25) is 0 Å². The van der Waals surface area contributed by atoms with Crippen LogP contribution in [-0.4, -0.2) is 18.7 Å². The Labute approximate surface area is 194 Å². The number of allylic oxidation sites excluding steroid dienone is 2. The molecule has 0 bridgehead atoms. The number of ether oxygens (including phenoxy) is 1. The zero-order chi connectivity index (χ0) is 23.6. The number of hydrogen-bond donors (Lipinski definition) is 4. The molecule has 0 saturated carbocycles. The highest BCUT2D eigenvalue weighted by Gasteiger charge is 2.15. The predicted molar refractivity (Wildman–Crippen MR) is 134 cm³/mol. The number of amides is 2. The molecule has 6 nitrogen and oxygen atoms in total. The SMILES string of the molecule is C=CCCOc1cc(N)c(C(=C)Nc2ccc(NC(=O)NC3CCC=CCC3)cc2)c(F)c1. The van der Waals surface area contributed by atoms with Crippen molar-refractivity contribution in [3.63, 3.8) is 0 Å². The summed E-state index contributed by atoms with van der Waals surface area (Å²) in [5.74, 6) is -0.165. The lowest BCUT2D eigenvalue weighted by molar-refractivity contribution is 0.247. The number of urea groups is 1. The van der Waals surface area contributed by atoms with Gasteiger partial charge in [-0.1, -0.05) is 24.8 Å². The Balaban J connectivity index is 1.56. The molecule has 2 aromatic carbocycles. The Morgan fingerprint density at radius 1 is 1.12 bits per heavy atom. The largest absolute Gasteiger partial charge is 0.493 e. The molecule has 0 aromatic heterocycles. The first-order valence-electron chi connectivity index (χ1n) is 11.1. The van der Waals surface area contributed by atoms with E-state index < -0.39 is 5.82 Å². The first-order chi connectivity index (χ1) is 16.0. The molecule has 0 saturated heterocycles. The zero-order valence-electron chi connectivity index (χ0n) is 18.7. The summed E-state index contributed by atoms with van der Waals surface area (Å²) in [6.45, 7) is 7.95. The molecular formula is C26H31FN4O2. The number of rotatable bonds is 9. The second kappa shape index (κ2) is 11.8. The second-order valence-corrected chi connectivity index (χ2v) is 7.90. The van der Waals surface area contributed by atoms with E-state index in [0.29, 0.717) is 35.8 Å². The van der Waals surface area contributed by atoms with Gasteiger partial charge < -0.3 is 26.4 Å². The quantitative estimate of drug-likeness (QED) is 0.212. The third-order valence-electron chi connectivity index (χ3n) is 5.29. The Hall–Kier alpha value is -3.74. The van der Waals surface area contributed by atoms with Crippen LogP contribution in [0.3, 0.4) is 0 Å². The Morgan fingerprint density at radius 3 is 2.36 bits per heavy atom. The highest BCUT2D eigenvalue weighted by Crippen LogP contribution is 2.30. The summed E-state index contributed by atoms with van der Waals surface area (Å²) in [6.07, 6.45) is 10.5. The molecule has 2 aromatic rings. The first-order valence-corrected chi connectivity index (χ1v) is 11.1. The number of hydrogen-bond acceptors (Lipinski definition) is 4. The second-order valence-electron chi connectivity index (χ2n) is 7.90. The van der Waals surface area contributed by atoms with Crippen molar-refractivity contribution in [1.82, 2.24) is 5.32 Å². The van der Waals surface area contributed by atoms with Crippen LogP contribution < -0.4 is 26.4 Å². The van der Waals surface area contributed by atoms with Gasteiger partial charge >= 0.3 is 6.03 Å². The van der Waals surface area contributed by atoms with Crippen LogP contribution in [0.25, 0.3) is 5.70 Å². The smallest absolute Gasteiger partial charge is 0.319 e. The van der Waals surface area contributed by atoms with E-state index in [0.717, 1.165) is 25.7 Å². The summed E-state index contributed by atoms with van der Waals surface area (Å²) >= 11 is 0. The van der Waals surface area contributed by atoms with Crippen molar-refractivity contribution in [3.05, 3.63) is 79.2 Å². The van der Waals surface area contributed by atoms with Crippen molar-refractivity contribution in [2.24, 2.45) is 0 Å². The lowest BCUT2D eigenvalue weighted by Gasteiger charge is -2.17. The number of nitrogens with one attached hydrogen (secondary N) is 3. The van der Waals surface area contributed by atoms with Gasteiger partial charge in [0.2, 0.25) is 0 Å². The van der Waals surface area contributed by atoms with Crippen molar-refractivity contribution in [2.75, 3.05) is 23.0 Å². The van der Waals surface area contributed by atoms with Crippen molar-refractivity contribution in [2.45, 2.75) is 38.1 Å². The van der Waals surface area contributed by atoms with Crippen LogP contribution in [-0.2, 0) is 0 Å². The standard InChI is InChI=1S/C26H31FN4O2/c1-3-4-15-33-22-16-23(27)25(24(28)17-22)18(2)29-20-11-13-21(14-12-20)31-26(32)30-19-9-7-5-6-8-10-19/h3,5-6,11-14,16-17,19,29H,1-2,4,7-10,15,28H2,(H2,30,31,32). The molecule has 0 heterocycles. The van der Waals surface area contributed by atoms with Crippen LogP contribution in [0.1, 0.15) is 37.7 Å². The molecule has 0 radical (unpaired) electrons. The lowest BCUT2D eigenvalue weighted by atomic mass is 10.1. The monoisotopic (exact) mass is 450 g/mol. The van der Waals surface area contributed by atoms with Gasteiger partial charge in [-0.05, 0) is 56.4 Å². The number of nitrogens with two attached hydrogens (primary N) is 1. The van der Waals surface area contributed by atoms with Crippen molar-refractivity contribution < 1.29 is 13.9 Å². The number of halogens is 1. The Bertz CT molecular complexity index is 984. The molecule has 1 aliphatic rings. The van der Waals surface area contributed by atoms with E-state index in [-0.39, 0.29) is 23.3 Å². The maximum Gasteiger partial charge on any atom is 0.319 e. The van der Waals surface area contributed by atoms with E-state index >= 15 is 0 Å². The Kier molecular flexibility index (Phi) is 8.52. The van der Waals surface area contributed by atoms with Gasteiger partial charge in [-0.15, -0.1) is 6.58 Å². The summed E-state index contributed by atoms with van der Waals surface area (Å²) < 4.78 is 20.1. The summed E-state index contributed by atoms with van der Waals surface area (Å²) in [5, 5.41) is 8.93. The average Bonchev–Trinajstić information content (AvgIpc) is 3.03. The van der Waals surface area contributed by atoms with Gasteiger partial charge in [0.25, 0.3) is 0 Å². The normalized spacial score (nSPS) is 13.6. The van der Waals surface area contributed by atoms with E-state index in [2.05, 4.69) is 41.3 Å². The summed E-state index contributed by atoms with van der Waals surface area (Å²) in [6, 6.07) is 9.89. The van der Waals surface area contributed by atoms with Gasteiger partial charge in [0, 0.05) is 40.9 Å². The van der Waals surface area contributed by atoms with E-state index in [1.807, 2.05) is 0 Å². The van der Waals surface area contributed by atoms with E-state index in [1.54, 1.807) is 36.4 Å². The minimum atomic E-state index is -0.523. The third kappa shape index (κ3) is 7.14. The molecule has 1 aliphatic carbocycles. The maximum absolute atomic E-state index is 14.7. The molecule has 0 aliphatic heterocycles. The molecule has 2 amide bonds. The van der Waals surface area contributed by atoms with Crippen molar-refractivity contribution in [1.29, 1.82) is 0 Å². The number of nitrogen functional groups attached to an aromatic ring is 1. The molecule has 0 atom stereocenters. The van der Waals surface area contributed by atoms with Crippen molar-refractivity contribution >= 4 is 28.8 Å². The minimum absolute atomic E-state index is 0.170. The van der Waals surface area contributed by atoms with Gasteiger partial charge in [-0.2, -0.15) is 0 Å². The maximum atomic E-state index is 14.7. The predicted octanol–water partition coefficient (Wildman–Crippen LogP) is 6.07. The summed E-state index contributed by atoms with van der Waals surface area (Å²) in [4.78, 5) is 12.3. The fraction of sp³-hybridized carbons (Fsp3) is 0.269. The van der Waals surface area contributed by atoms with Crippen LogP contribution in [0.15, 0.2) is 67.8 Å². The minimum Gasteiger partial charge on any atom is -0.493 e. The van der Waals surface area contributed by atoms with Gasteiger partial charge in [0.05, 0.1) is 12.2 Å². The van der Waals surface area contributed by atoms with Crippen LogP contribution >= 0.6 is 0 Å². The fourth-order valence-electron chi connectivity index (χ4n) is 3.61. The number of carbonyl (C=O) groups excluding carboxylic acids is 1. The zero-order valence-corrected chi connectivity index (χ0v) is 18.7. The van der Waals surface area contributed by atoms with Gasteiger partial charge in [0.15, 0.2) is 0 Å². The molecule has 0 spiro atoms. The summed E-state index contributed by atoms with van der Waals surface area (Å²) in [7, 11) is 0. The highest BCUT2D eigenvalue weighted by molar-refractivity contribution is 5.90. The number of carbonyl (C=O) groups is 1. The molecule has 0 fully saturated rings. The van der Waals surface area contributed by atoms with Crippen LogP contribution in [0.4, 0.5) is 26.2 Å². The molecule has 7 heteroatoms. The van der Waals surface area contributed by atoms with Crippen LogP contribution in [0, 0.1) is 5.82 Å². The molecule has 33 heavy (non-hydrogen) atoms. The lowest BCUT2D eigenvalue weighted by Crippen LogP contribution is -2.37. The third-order valence-corrected chi connectivity index (χ3v) is 5.29. The van der Waals surface area contributed by atoms with E-state index in [4.69, 9.17) is 10.5 Å².